The number of hydrogen-bond donors (Lipinski definition) is 1. The second-order valence-electron chi connectivity index (χ2n) is 6.83. The molecule has 0 bridgehead atoms. The van der Waals surface area contributed by atoms with Crippen molar-refractivity contribution in [3.63, 3.8) is 0 Å². The first-order valence-electron chi connectivity index (χ1n) is 8.76. The van der Waals surface area contributed by atoms with Gasteiger partial charge in [-0.3, -0.25) is 0 Å². The number of nitrogens with one attached hydrogen (secondary N) is 1. The third kappa shape index (κ3) is 2.60. The maximum Gasteiger partial charge on any atom is 0.150 e. The lowest BCUT2D eigenvalue weighted by atomic mass is 9.95. The number of imidazole rings is 1. The van der Waals surface area contributed by atoms with E-state index in [0.29, 0.717) is 15.2 Å². The molecule has 1 unspecified atom stereocenters. The second kappa shape index (κ2) is 6.30. The molecule has 0 saturated carbocycles. The van der Waals surface area contributed by atoms with Crippen molar-refractivity contribution in [1.29, 1.82) is 0 Å². The zero-order valence-electron chi connectivity index (χ0n) is 14.5. The van der Waals surface area contributed by atoms with Gasteiger partial charge in [-0.1, -0.05) is 40.9 Å². The molecule has 1 aromatic carbocycles. The van der Waals surface area contributed by atoms with E-state index in [1.54, 1.807) is 6.20 Å². The zero-order valence-corrected chi connectivity index (χ0v) is 16.8. The molecule has 0 spiro atoms. The first kappa shape index (κ1) is 17.2. The van der Waals surface area contributed by atoms with Crippen LogP contribution >= 0.6 is 34.8 Å². The van der Waals surface area contributed by atoms with Gasteiger partial charge in [0.15, 0.2) is 5.15 Å². The Labute approximate surface area is 171 Å². The fourth-order valence-electron chi connectivity index (χ4n) is 4.03. The van der Waals surface area contributed by atoms with Crippen molar-refractivity contribution in [2.45, 2.75) is 32.4 Å². The number of rotatable bonds is 2. The van der Waals surface area contributed by atoms with E-state index in [9.17, 15) is 0 Å². The Morgan fingerprint density at radius 3 is 2.81 bits per heavy atom. The number of aromatic nitrogens is 4. The van der Waals surface area contributed by atoms with Crippen molar-refractivity contribution < 1.29 is 0 Å². The van der Waals surface area contributed by atoms with Gasteiger partial charge in [-0.15, -0.1) is 0 Å². The second-order valence-corrected chi connectivity index (χ2v) is 8.00. The van der Waals surface area contributed by atoms with Gasteiger partial charge < -0.3 is 9.88 Å². The summed E-state index contributed by atoms with van der Waals surface area (Å²) in [5.74, 6) is 1.81. The van der Waals surface area contributed by atoms with Crippen LogP contribution in [0.25, 0.3) is 5.57 Å². The van der Waals surface area contributed by atoms with Gasteiger partial charge in [0.25, 0.3) is 0 Å². The smallest absolute Gasteiger partial charge is 0.150 e. The van der Waals surface area contributed by atoms with Crippen LogP contribution in [0.4, 0.5) is 5.82 Å². The fraction of sp³-hybridized carbons (Fsp3) is 0.263. The summed E-state index contributed by atoms with van der Waals surface area (Å²) in [5.41, 5.74) is 4.16. The molecule has 2 aliphatic heterocycles. The van der Waals surface area contributed by atoms with Gasteiger partial charge in [0.05, 0.1) is 21.9 Å². The van der Waals surface area contributed by atoms with Crippen LogP contribution in [0.15, 0.2) is 36.2 Å². The van der Waals surface area contributed by atoms with Crippen LogP contribution in [0.5, 0.6) is 0 Å². The van der Waals surface area contributed by atoms with Gasteiger partial charge in [-0.05, 0) is 37.5 Å². The molecule has 4 heterocycles. The summed E-state index contributed by atoms with van der Waals surface area (Å²) in [6.07, 6.45) is 3.82. The van der Waals surface area contributed by atoms with Crippen LogP contribution in [-0.2, 0) is 13.0 Å². The van der Waals surface area contributed by atoms with Gasteiger partial charge in [0.1, 0.15) is 17.7 Å². The van der Waals surface area contributed by atoms with Crippen LogP contribution in [0.1, 0.15) is 36.5 Å². The number of fused-ring (bicyclic) bond motifs is 2. The highest BCUT2D eigenvalue weighted by atomic mass is 35.5. The quantitative estimate of drug-likeness (QED) is 0.601. The van der Waals surface area contributed by atoms with Gasteiger partial charge in [-0.25, -0.2) is 9.67 Å². The largest absolute Gasteiger partial charge is 0.344 e. The molecular formula is C19H16Cl3N5. The number of allylic oxidation sites excluding steroid dienone is 2. The highest BCUT2D eigenvalue weighted by Gasteiger charge is 2.34. The normalized spacial score (nSPS) is 18.4. The summed E-state index contributed by atoms with van der Waals surface area (Å²) in [6, 6.07) is 7.48. The van der Waals surface area contributed by atoms with Crippen LogP contribution in [-0.4, -0.2) is 19.3 Å². The SMILES string of the molecule is CC1=C(c2nc(Cl)c3n2CCC3)C(c2ccc(Cl)c(Cl)c2)n2nccc2N1. The Morgan fingerprint density at radius 1 is 1.15 bits per heavy atom. The predicted octanol–water partition coefficient (Wildman–Crippen LogP) is 5.43. The molecule has 2 aliphatic rings. The van der Waals surface area contributed by atoms with Crippen molar-refractivity contribution in [1.82, 2.24) is 19.3 Å². The van der Waals surface area contributed by atoms with E-state index in [-0.39, 0.29) is 6.04 Å². The summed E-state index contributed by atoms with van der Waals surface area (Å²) < 4.78 is 4.17. The highest BCUT2D eigenvalue weighted by molar-refractivity contribution is 6.42. The Bertz CT molecular complexity index is 1090. The van der Waals surface area contributed by atoms with Crippen LogP contribution in [0.3, 0.4) is 0 Å². The summed E-state index contributed by atoms with van der Waals surface area (Å²) in [4.78, 5) is 4.71. The van der Waals surface area contributed by atoms with Crippen molar-refractivity contribution in [2.75, 3.05) is 5.32 Å². The number of benzene rings is 1. The van der Waals surface area contributed by atoms with Gasteiger partial charge in [0, 0.05) is 23.9 Å². The third-order valence-electron chi connectivity index (χ3n) is 5.23. The summed E-state index contributed by atoms with van der Waals surface area (Å²) >= 11 is 18.9. The van der Waals surface area contributed by atoms with E-state index < -0.39 is 0 Å². The molecule has 27 heavy (non-hydrogen) atoms. The van der Waals surface area contributed by atoms with Crippen LogP contribution in [0, 0.1) is 0 Å². The minimum atomic E-state index is -0.172. The molecule has 1 atom stereocenters. The maximum absolute atomic E-state index is 6.44. The minimum Gasteiger partial charge on any atom is -0.344 e. The zero-order chi connectivity index (χ0) is 18.7. The molecule has 3 aromatic rings. The molecule has 0 radical (unpaired) electrons. The van der Waals surface area contributed by atoms with Crippen LogP contribution in [0.2, 0.25) is 15.2 Å². The molecule has 0 saturated heterocycles. The Kier molecular flexibility index (Phi) is 4.00. The fourth-order valence-corrected chi connectivity index (χ4v) is 4.62. The van der Waals surface area contributed by atoms with Crippen molar-refractivity contribution >= 4 is 46.2 Å². The van der Waals surface area contributed by atoms with E-state index >= 15 is 0 Å². The van der Waals surface area contributed by atoms with E-state index in [2.05, 4.69) is 21.9 Å². The van der Waals surface area contributed by atoms with Crippen molar-refractivity contribution in [3.8, 4) is 0 Å². The molecule has 0 aliphatic carbocycles. The standard InChI is InChI=1S/C19H16Cl3N5/c1-10-16(19-25-18(22)14-3-2-8-26(14)19)17(27-15(24-10)6-7-23-27)11-4-5-12(20)13(21)9-11/h4-7,9,17,24H,2-3,8H2,1H3. The molecule has 0 fully saturated rings. The molecule has 138 valence electrons. The Balaban J connectivity index is 1.75. The summed E-state index contributed by atoms with van der Waals surface area (Å²) in [6.45, 7) is 2.97. The molecule has 8 heteroatoms. The first-order valence-corrected chi connectivity index (χ1v) is 9.89. The minimum absolute atomic E-state index is 0.172. The van der Waals surface area contributed by atoms with E-state index in [1.807, 2.05) is 28.9 Å². The average Bonchev–Trinajstić information content (AvgIpc) is 3.35. The van der Waals surface area contributed by atoms with Crippen LogP contribution < -0.4 is 5.32 Å². The molecule has 5 nitrogen and oxygen atoms in total. The van der Waals surface area contributed by atoms with E-state index in [1.165, 1.54) is 0 Å². The number of nitrogens with zero attached hydrogens (tertiary/aromatic N) is 4. The number of halogens is 3. The lowest BCUT2D eigenvalue weighted by molar-refractivity contribution is 0.608. The highest BCUT2D eigenvalue weighted by Crippen LogP contribution is 2.43. The third-order valence-corrected chi connectivity index (χ3v) is 6.27. The summed E-state index contributed by atoms with van der Waals surface area (Å²) in [7, 11) is 0. The number of hydrogen-bond acceptors (Lipinski definition) is 3. The van der Waals surface area contributed by atoms with Gasteiger partial charge >= 0.3 is 0 Å². The molecular weight excluding hydrogens is 405 g/mol. The van der Waals surface area contributed by atoms with Crippen molar-refractivity contribution in [3.05, 3.63) is 68.4 Å². The first-order chi connectivity index (χ1) is 13.0. The van der Waals surface area contributed by atoms with Gasteiger partial charge in [-0.2, -0.15) is 5.10 Å². The van der Waals surface area contributed by atoms with Gasteiger partial charge in [0.2, 0.25) is 0 Å². The lowest BCUT2D eigenvalue weighted by Gasteiger charge is -2.30. The Morgan fingerprint density at radius 2 is 2.00 bits per heavy atom. The molecule has 5 rings (SSSR count). The lowest BCUT2D eigenvalue weighted by Crippen LogP contribution is -2.25. The predicted molar refractivity (Wildman–Crippen MR) is 109 cm³/mol. The molecule has 0 amide bonds. The molecule has 1 N–H and O–H groups in total. The Hall–Kier alpha value is -1.95. The topological polar surface area (TPSA) is 47.7 Å². The van der Waals surface area contributed by atoms with Crippen molar-refractivity contribution in [2.24, 2.45) is 0 Å². The number of anilines is 1. The maximum atomic E-state index is 6.44. The van der Waals surface area contributed by atoms with E-state index in [0.717, 1.165) is 53.6 Å². The summed E-state index contributed by atoms with van der Waals surface area (Å²) in [5, 5.41) is 9.62. The molecule has 2 aromatic heterocycles. The monoisotopic (exact) mass is 419 g/mol. The average molecular weight is 421 g/mol. The van der Waals surface area contributed by atoms with E-state index in [4.69, 9.17) is 39.8 Å².